The van der Waals surface area contributed by atoms with Gasteiger partial charge < -0.3 is 5.11 Å². The Bertz CT molecular complexity index is 682. The molecule has 1 aromatic heterocycles. The minimum absolute atomic E-state index is 0.0125. The number of thiophene rings is 1. The molecule has 0 aliphatic carbocycles. The van der Waals surface area contributed by atoms with Gasteiger partial charge in [-0.3, -0.25) is 4.31 Å². The summed E-state index contributed by atoms with van der Waals surface area (Å²) in [6.07, 6.45) is 0. The van der Waals surface area contributed by atoms with Crippen LogP contribution in [0.4, 0.5) is 10.1 Å². The first-order chi connectivity index (χ1) is 8.96. The summed E-state index contributed by atoms with van der Waals surface area (Å²) in [5, 5.41) is 10.5. The van der Waals surface area contributed by atoms with Crippen molar-refractivity contribution >= 4 is 27.0 Å². The van der Waals surface area contributed by atoms with Crippen molar-refractivity contribution in [2.24, 2.45) is 0 Å². The Kier molecular flexibility index (Phi) is 3.88. The van der Waals surface area contributed by atoms with E-state index in [2.05, 4.69) is 0 Å². The summed E-state index contributed by atoms with van der Waals surface area (Å²) in [4.78, 5) is 0. The lowest BCUT2D eigenvalue weighted by Gasteiger charge is -2.18. The second-order valence-electron chi connectivity index (χ2n) is 3.86. The highest BCUT2D eigenvalue weighted by Gasteiger charge is 2.24. The number of halogens is 1. The van der Waals surface area contributed by atoms with E-state index in [-0.39, 0.29) is 16.5 Å². The quantitative estimate of drug-likeness (QED) is 0.942. The molecule has 0 saturated heterocycles. The lowest BCUT2D eigenvalue weighted by atomic mass is 10.3. The first-order valence-electron chi connectivity index (χ1n) is 5.38. The molecule has 0 spiro atoms. The van der Waals surface area contributed by atoms with Gasteiger partial charge in [-0.15, -0.1) is 11.3 Å². The lowest BCUT2D eigenvalue weighted by molar-refractivity contribution is 0.282. The van der Waals surface area contributed by atoms with Crippen LogP contribution >= 0.6 is 11.3 Å². The predicted molar refractivity (Wildman–Crippen MR) is 72.2 cm³/mol. The Morgan fingerprint density at radius 1 is 1.37 bits per heavy atom. The molecule has 0 saturated carbocycles. The van der Waals surface area contributed by atoms with Gasteiger partial charge in [-0.1, -0.05) is 12.1 Å². The van der Waals surface area contributed by atoms with Crippen LogP contribution in [-0.4, -0.2) is 20.6 Å². The summed E-state index contributed by atoms with van der Waals surface area (Å²) >= 11 is 0.998. The monoisotopic (exact) mass is 301 g/mol. The van der Waals surface area contributed by atoms with E-state index in [1.54, 1.807) is 11.4 Å². The first-order valence-corrected chi connectivity index (χ1v) is 7.70. The third kappa shape index (κ3) is 2.63. The summed E-state index contributed by atoms with van der Waals surface area (Å²) in [6.45, 7) is -0.227. The molecule has 2 aromatic rings. The molecule has 0 aliphatic heterocycles. The predicted octanol–water partition coefficient (Wildman–Crippen LogP) is 2.20. The van der Waals surface area contributed by atoms with E-state index in [0.717, 1.165) is 15.6 Å². The zero-order valence-electron chi connectivity index (χ0n) is 10.1. The summed E-state index contributed by atoms with van der Waals surface area (Å²) in [5.41, 5.74) is 0.506. The largest absolute Gasteiger partial charge is 0.392 e. The molecule has 1 aromatic carbocycles. The lowest BCUT2D eigenvalue weighted by Crippen LogP contribution is -2.26. The smallest absolute Gasteiger partial charge is 0.273 e. The minimum atomic E-state index is -3.80. The maximum Gasteiger partial charge on any atom is 0.273 e. The number of rotatable bonds is 4. The Labute approximate surface area is 114 Å². The van der Waals surface area contributed by atoms with Crippen molar-refractivity contribution in [3.63, 3.8) is 0 Å². The molecule has 1 heterocycles. The van der Waals surface area contributed by atoms with Crippen LogP contribution in [0.2, 0.25) is 0 Å². The third-order valence-electron chi connectivity index (χ3n) is 2.62. The molecular weight excluding hydrogens is 289 g/mol. The molecule has 0 unspecified atom stereocenters. The maximum absolute atomic E-state index is 13.6. The van der Waals surface area contributed by atoms with Crippen LogP contribution in [0.15, 0.2) is 39.9 Å². The van der Waals surface area contributed by atoms with Crippen molar-refractivity contribution in [2.45, 2.75) is 10.8 Å². The summed E-state index contributed by atoms with van der Waals surface area (Å²) in [6, 6.07) is 7.05. The van der Waals surface area contributed by atoms with E-state index < -0.39 is 15.8 Å². The van der Waals surface area contributed by atoms with Gasteiger partial charge >= 0.3 is 0 Å². The van der Waals surface area contributed by atoms with Crippen molar-refractivity contribution in [2.75, 3.05) is 11.4 Å². The number of hydrogen-bond acceptors (Lipinski definition) is 4. The Balaban J connectivity index is 2.42. The molecule has 2 rings (SSSR count). The van der Waals surface area contributed by atoms with Crippen molar-refractivity contribution < 1.29 is 17.9 Å². The molecule has 0 fully saturated rings. The number of nitrogens with zero attached hydrogens (tertiary/aromatic N) is 1. The maximum atomic E-state index is 13.6. The summed E-state index contributed by atoms with van der Waals surface area (Å²) in [5.74, 6) is -0.604. The van der Waals surface area contributed by atoms with Gasteiger partial charge in [0.2, 0.25) is 0 Å². The highest BCUT2D eigenvalue weighted by molar-refractivity contribution is 7.94. The molecule has 0 atom stereocenters. The molecule has 0 aliphatic rings. The van der Waals surface area contributed by atoms with E-state index in [9.17, 15) is 12.8 Å². The van der Waals surface area contributed by atoms with E-state index >= 15 is 0 Å². The molecule has 102 valence electrons. The van der Waals surface area contributed by atoms with Crippen LogP contribution in [-0.2, 0) is 16.6 Å². The normalized spacial score (nSPS) is 11.5. The molecule has 0 radical (unpaired) electrons. The standard InChI is InChI=1S/C12H12FNO3S2/c1-14(11-5-3-2-4-10(11)13)19(16,17)12-6-9(7-15)8-18-12/h2-6,8,15H,7H2,1H3. The number of aliphatic hydroxyl groups excluding tert-OH is 1. The van der Waals surface area contributed by atoms with Crippen molar-refractivity contribution in [3.8, 4) is 0 Å². The zero-order chi connectivity index (χ0) is 14.0. The SMILES string of the molecule is CN(c1ccccc1F)S(=O)(=O)c1cc(CO)cs1. The van der Waals surface area contributed by atoms with Gasteiger partial charge in [0.05, 0.1) is 12.3 Å². The minimum Gasteiger partial charge on any atom is -0.392 e. The van der Waals surface area contributed by atoms with E-state index in [4.69, 9.17) is 5.11 Å². The third-order valence-corrected chi connectivity index (χ3v) is 5.85. The van der Waals surface area contributed by atoms with Gasteiger partial charge in [-0.2, -0.15) is 0 Å². The topological polar surface area (TPSA) is 57.6 Å². The average molecular weight is 301 g/mol. The first kappa shape index (κ1) is 14.0. The fourth-order valence-corrected chi connectivity index (χ4v) is 4.12. The second-order valence-corrected chi connectivity index (χ2v) is 6.96. The Morgan fingerprint density at radius 2 is 2.05 bits per heavy atom. The molecule has 19 heavy (non-hydrogen) atoms. The van der Waals surface area contributed by atoms with Gasteiger partial charge in [0.25, 0.3) is 10.0 Å². The average Bonchev–Trinajstić information content (AvgIpc) is 2.88. The zero-order valence-corrected chi connectivity index (χ0v) is 11.7. The van der Waals surface area contributed by atoms with Gasteiger partial charge in [0, 0.05) is 7.05 Å². The number of benzene rings is 1. The molecule has 0 bridgehead atoms. The second kappa shape index (κ2) is 5.28. The number of sulfonamides is 1. The van der Waals surface area contributed by atoms with Crippen LogP contribution in [0.5, 0.6) is 0 Å². The summed E-state index contributed by atoms with van der Waals surface area (Å²) < 4.78 is 39.2. The van der Waals surface area contributed by atoms with E-state index in [1.165, 1.54) is 31.3 Å². The highest BCUT2D eigenvalue weighted by Crippen LogP contribution is 2.28. The Hall–Kier alpha value is -1.44. The van der Waals surface area contributed by atoms with Gasteiger partial charge in [-0.25, -0.2) is 12.8 Å². The van der Waals surface area contributed by atoms with Crippen molar-refractivity contribution in [1.82, 2.24) is 0 Å². The molecule has 7 heteroatoms. The molecule has 0 amide bonds. The molecule has 1 N–H and O–H groups in total. The van der Waals surface area contributed by atoms with Gasteiger partial charge in [0.15, 0.2) is 0 Å². The van der Waals surface area contributed by atoms with Gasteiger partial charge in [0.1, 0.15) is 10.0 Å². The van der Waals surface area contributed by atoms with Crippen molar-refractivity contribution in [1.29, 1.82) is 0 Å². The molecular formula is C12H12FNO3S2. The number of para-hydroxylation sites is 1. The van der Waals surface area contributed by atoms with Crippen LogP contribution in [0.1, 0.15) is 5.56 Å². The summed E-state index contributed by atoms with van der Waals surface area (Å²) in [7, 11) is -2.51. The van der Waals surface area contributed by atoms with Gasteiger partial charge in [-0.05, 0) is 29.1 Å². The van der Waals surface area contributed by atoms with Crippen LogP contribution in [0, 0.1) is 5.82 Å². The number of hydrogen-bond donors (Lipinski definition) is 1. The van der Waals surface area contributed by atoms with Crippen LogP contribution in [0.25, 0.3) is 0 Å². The number of aliphatic hydroxyl groups is 1. The molecule has 4 nitrogen and oxygen atoms in total. The van der Waals surface area contributed by atoms with Crippen molar-refractivity contribution in [3.05, 3.63) is 47.1 Å². The highest BCUT2D eigenvalue weighted by atomic mass is 32.2. The fraction of sp³-hybridized carbons (Fsp3) is 0.167. The van der Waals surface area contributed by atoms with Crippen LogP contribution in [0.3, 0.4) is 0 Å². The fourth-order valence-electron chi connectivity index (χ4n) is 1.54. The number of anilines is 1. The van der Waals surface area contributed by atoms with E-state index in [1.807, 2.05) is 0 Å². The Morgan fingerprint density at radius 3 is 2.63 bits per heavy atom. The van der Waals surface area contributed by atoms with E-state index in [0.29, 0.717) is 5.56 Å². The van der Waals surface area contributed by atoms with Crippen LogP contribution < -0.4 is 4.31 Å².